The predicted octanol–water partition coefficient (Wildman–Crippen LogP) is 4.60. The van der Waals surface area contributed by atoms with Crippen molar-refractivity contribution in [3.05, 3.63) is 90.0 Å². The predicted molar refractivity (Wildman–Crippen MR) is 106 cm³/mol. The third-order valence-electron chi connectivity index (χ3n) is 4.08. The van der Waals surface area contributed by atoms with E-state index in [1.165, 1.54) is 5.56 Å². The Labute approximate surface area is 153 Å². The number of anilines is 2. The number of amides is 1. The first kappa shape index (κ1) is 17.5. The maximum Gasteiger partial charge on any atom is 0.255 e. The van der Waals surface area contributed by atoms with Gasteiger partial charge < -0.3 is 15.4 Å². The smallest absolute Gasteiger partial charge is 0.255 e. The molecule has 0 spiro atoms. The van der Waals surface area contributed by atoms with Crippen molar-refractivity contribution in [3.8, 4) is 5.75 Å². The van der Waals surface area contributed by atoms with Crippen molar-refractivity contribution in [2.24, 2.45) is 0 Å². The summed E-state index contributed by atoms with van der Waals surface area (Å²) >= 11 is 0. The minimum Gasteiger partial charge on any atom is -0.497 e. The molecule has 0 bridgehead atoms. The van der Waals surface area contributed by atoms with Gasteiger partial charge in [0.05, 0.1) is 7.11 Å². The number of nitrogens with one attached hydrogen (secondary N) is 2. The van der Waals surface area contributed by atoms with Gasteiger partial charge in [0.2, 0.25) is 0 Å². The zero-order valence-corrected chi connectivity index (χ0v) is 14.7. The van der Waals surface area contributed by atoms with Gasteiger partial charge in [-0.3, -0.25) is 4.79 Å². The van der Waals surface area contributed by atoms with E-state index >= 15 is 0 Å². The molecule has 4 heteroatoms. The lowest BCUT2D eigenvalue weighted by atomic mass is 10.1. The SMILES string of the molecule is COc1ccc(CCNc2ccc(NC(=O)c3ccccc3)cc2)cc1. The van der Waals surface area contributed by atoms with Gasteiger partial charge in [-0.05, 0) is 60.5 Å². The first-order chi connectivity index (χ1) is 12.7. The standard InChI is InChI=1S/C22H22N2O2/c1-26-21-13-7-17(8-14-21)15-16-23-19-9-11-20(12-10-19)24-22(25)18-5-3-2-4-6-18/h2-14,23H,15-16H2,1H3,(H,24,25). The molecule has 0 aliphatic heterocycles. The molecule has 26 heavy (non-hydrogen) atoms. The van der Waals surface area contributed by atoms with Crippen LogP contribution in [0.3, 0.4) is 0 Å². The summed E-state index contributed by atoms with van der Waals surface area (Å²) in [5.74, 6) is 0.765. The van der Waals surface area contributed by atoms with E-state index in [-0.39, 0.29) is 5.91 Å². The molecule has 0 aliphatic carbocycles. The van der Waals surface area contributed by atoms with Crippen LogP contribution in [0.15, 0.2) is 78.9 Å². The Morgan fingerprint density at radius 3 is 2.15 bits per heavy atom. The minimum absolute atomic E-state index is 0.106. The molecule has 0 aromatic heterocycles. The lowest BCUT2D eigenvalue weighted by molar-refractivity contribution is 0.102. The molecule has 0 saturated heterocycles. The normalized spacial score (nSPS) is 10.2. The zero-order valence-electron chi connectivity index (χ0n) is 14.7. The number of hydrogen-bond donors (Lipinski definition) is 2. The molecular weight excluding hydrogens is 324 g/mol. The van der Waals surface area contributed by atoms with Crippen LogP contribution in [-0.2, 0) is 6.42 Å². The van der Waals surface area contributed by atoms with Crippen molar-refractivity contribution in [2.45, 2.75) is 6.42 Å². The zero-order chi connectivity index (χ0) is 18.2. The molecule has 0 saturated carbocycles. The highest BCUT2D eigenvalue weighted by Gasteiger charge is 2.04. The summed E-state index contributed by atoms with van der Waals surface area (Å²) in [6.07, 6.45) is 0.927. The van der Waals surface area contributed by atoms with Crippen LogP contribution in [0, 0.1) is 0 Å². The van der Waals surface area contributed by atoms with E-state index in [4.69, 9.17) is 4.74 Å². The molecule has 0 radical (unpaired) electrons. The number of rotatable bonds is 7. The Bertz CT molecular complexity index is 828. The van der Waals surface area contributed by atoms with Gasteiger partial charge >= 0.3 is 0 Å². The molecule has 0 fully saturated rings. The molecule has 0 heterocycles. The van der Waals surface area contributed by atoms with Crippen LogP contribution in [0.5, 0.6) is 5.75 Å². The van der Waals surface area contributed by atoms with E-state index < -0.39 is 0 Å². The van der Waals surface area contributed by atoms with Gasteiger partial charge in [-0.2, -0.15) is 0 Å². The molecule has 3 aromatic rings. The first-order valence-corrected chi connectivity index (χ1v) is 8.58. The van der Waals surface area contributed by atoms with Crippen molar-refractivity contribution in [1.82, 2.24) is 0 Å². The number of carbonyl (C=O) groups is 1. The van der Waals surface area contributed by atoms with Crippen LogP contribution >= 0.6 is 0 Å². The fraction of sp³-hybridized carbons (Fsp3) is 0.136. The molecule has 132 valence electrons. The number of benzene rings is 3. The Kier molecular flexibility index (Phi) is 5.88. The largest absolute Gasteiger partial charge is 0.497 e. The Morgan fingerprint density at radius 1 is 0.846 bits per heavy atom. The second kappa shape index (κ2) is 8.72. The highest BCUT2D eigenvalue weighted by Crippen LogP contribution is 2.16. The minimum atomic E-state index is -0.106. The lowest BCUT2D eigenvalue weighted by Gasteiger charge is -2.09. The van der Waals surface area contributed by atoms with Crippen LogP contribution in [0.25, 0.3) is 0 Å². The van der Waals surface area contributed by atoms with E-state index in [2.05, 4.69) is 22.8 Å². The molecule has 3 rings (SSSR count). The summed E-state index contributed by atoms with van der Waals surface area (Å²) in [5.41, 5.74) is 3.70. The Hall–Kier alpha value is -3.27. The van der Waals surface area contributed by atoms with Crippen molar-refractivity contribution in [1.29, 1.82) is 0 Å². The lowest BCUT2D eigenvalue weighted by Crippen LogP contribution is -2.11. The van der Waals surface area contributed by atoms with E-state index in [1.54, 1.807) is 19.2 Å². The molecule has 4 nitrogen and oxygen atoms in total. The second-order valence-electron chi connectivity index (χ2n) is 5.92. The quantitative estimate of drug-likeness (QED) is 0.657. The topological polar surface area (TPSA) is 50.4 Å². The van der Waals surface area contributed by atoms with Crippen molar-refractivity contribution in [3.63, 3.8) is 0 Å². The third kappa shape index (κ3) is 4.86. The van der Waals surface area contributed by atoms with Crippen LogP contribution in [-0.4, -0.2) is 19.6 Å². The molecule has 1 amide bonds. The van der Waals surface area contributed by atoms with Gasteiger partial charge in [-0.1, -0.05) is 30.3 Å². The summed E-state index contributed by atoms with van der Waals surface area (Å²) in [5, 5.41) is 6.29. The summed E-state index contributed by atoms with van der Waals surface area (Å²) in [4.78, 5) is 12.1. The van der Waals surface area contributed by atoms with Crippen LogP contribution in [0.1, 0.15) is 15.9 Å². The monoisotopic (exact) mass is 346 g/mol. The fourth-order valence-electron chi connectivity index (χ4n) is 2.61. The highest BCUT2D eigenvalue weighted by atomic mass is 16.5. The second-order valence-corrected chi connectivity index (χ2v) is 5.92. The summed E-state index contributed by atoms with van der Waals surface area (Å²) in [7, 11) is 1.67. The van der Waals surface area contributed by atoms with E-state index in [0.717, 1.165) is 30.1 Å². The number of ether oxygens (including phenoxy) is 1. The number of carbonyl (C=O) groups excluding carboxylic acids is 1. The Balaban J connectivity index is 1.48. The summed E-state index contributed by atoms with van der Waals surface area (Å²) in [6.45, 7) is 0.835. The molecule has 0 aliphatic rings. The molecule has 0 unspecified atom stereocenters. The van der Waals surface area contributed by atoms with E-state index in [0.29, 0.717) is 5.56 Å². The van der Waals surface area contributed by atoms with Gasteiger partial charge in [0.1, 0.15) is 5.75 Å². The van der Waals surface area contributed by atoms with Crippen LogP contribution in [0.4, 0.5) is 11.4 Å². The maximum atomic E-state index is 12.1. The van der Waals surface area contributed by atoms with Crippen molar-refractivity contribution >= 4 is 17.3 Å². The highest BCUT2D eigenvalue weighted by molar-refractivity contribution is 6.04. The molecule has 2 N–H and O–H groups in total. The number of hydrogen-bond acceptors (Lipinski definition) is 3. The molecule has 0 atom stereocenters. The average Bonchev–Trinajstić information content (AvgIpc) is 2.70. The van der Waals surface area contributed by atoms with Crippen LogP contribution < -0.4 is 15.4 Å². The van der Waals surface area contributed by atoms with Crippen molar-refractivity contribution < 1.29 is 9.53 Å². The van der Waals surface area contributed by atoms with Gasteiger partial charge in [-0.25, -0.2) is 0 Å². The van der Waals surface area contributed by atoms with Crippen LogP contribution in [0.2, 0.25) is 0 Å². The van der Waals surface area contributed by atoms with Gasteiger partial charge in [0.15, 0.2) is 0 Å². The average molecular weight is 346 g/mol. The number of methoxy groups -OCH3 is 1. The molecule has 3 aromatic carbocycles. The molecular formula is C22H22N2O2. The first-order valence-electron chi connectivity index (χ1n) is 8.58. The van der Waals surface area contributed by atoms with Gasteiger partial charge in [0, 0.05) is 23.5 Å². The Morgan fingerprint density at radius 2 is 1.50 bits per heavy atom. The maximum absolute atomic E-state index is 12.1. The summed E-state index contributed by atoms with van der Waals surface area (Å²) < 4.78 is 5.16. The summed E-state index contributed by atoms with van der Waals surface area (Å²) in [6, 6.07) is 25.0. The van der Waals surface area contributed by atoms with E-state index in [9.17, 15) is 4.79 Å². The fourth-order valence-corrected chi connectivity index (χ4v) is 2.61. The van der Waals surface area contributed by atoms with Crippen molar-refractivity contribution in [2.75, 3.05) is 24.3 Å². The third-order valence-corrected chi connectivity index (χ3v) is 4.08. The van der Waals surface area contributed by atoms with E-state index in [1.807, 2.05) is 54.6 Å². The van der Waals surface area contributed by atoms with Gasteiger partial charge in [-0.15, -0.1) is 0 Å². The van der Waals surface area contributed by atoms with Gasteiger partial charge in [0.25, 0.3) is 5.91 Å².